The molecule has 0 fully saturated rings. The van der Waals surface area contributed by atoms with Gasteiger partial charge < -0.3 is 5.32 Å². The van der Waals surface area contributed by atoms with E-state index in [-0.39, 0.29) is 5.91 Å². The fourth-order valence-electron chi connectivity index (χ4n) is 2.70. The summed E-state index contributed by atoms with van der Waals surface area (Å²) in [6.45, 7) is 0.464. The highest BCUT2D eigenvalue weighted by atomic mass is 79.9. The Bertz CT molecular complexity index is 1110. The highest BCUT2D eigenvalue weighted by molar-refractivity contribution is 9.10. The Hall–Kier alpha value is -2.71. The van der Waals surface area contributed by atoms with Crippen LogP contribution in [0.4, 0.5) is 0 Å². The summed E-state index contributed by atoms with van der Waals surface area (Å²) >= 11 is 4.89. The number of nitrogens with one attached hydrogen (secondary N) is 1. The van der Waals surface area contributed by atoms with Crippen molar-refractivity contribution >= 4 is 39.2 Å². The van der Waals surface area contributed by atoms with Crippen LogP contribution in [-0.4, -0.2) is 32.0 Å². The second-order valence-corrected chi connectivity index (χ2v) is 7.94. The molecule has 140 valence electrons. The Kier molecular flexibility index (Phi) is 5.68. The third-order valence-corrected chi connectivity index (χ3v) is 5.62. The molecule has 0 aliphatic carbocycles. The minimum atomic E-state index is -0.151. The number of aromatic nitrogens is 4. The highest BCUT2D eigenvalue weighted by Crippen LogP contribution is 2.29. The molecule has 0 aliphatic rings. The van der Waals surface area contributed by atoms with E-state index in [4.69, 9.17) is 0 Å². The van der Waals surface area contributed by atoms with Gasteiger partial charge in [-0.25, -0.2) is 4.98 Å². The molecule has 0 atom stereocenters. The van der Waals surface area contributed by atoms with Crippen molar-refractivity contribution in [3.8, 4) is 0 Å². The van der Waals surface area contributed by atoms with Gasteiger partial charge in [0.2, 0.25) is 0 Å². The topological polar surface area (TPSA) is 72.2 Å². The molecule has 0 radical (unpaired) electrons. The zero-order chi connectivity index (χ0) is 19.3. The molecule has 0 bridgehead atoms. The van der Waals surface area contributed by atoms with Crippen LogP contribution in [0.2, 0.25) is 0 Å². The van der Waals surface area contributed by atoms with Gasteiger partial charge in [0.05, 0.1) is 5.56 Å². The third kappa shape index (κ3) is 4.23. The molecule has 6 nitrogen and oxygen atoms in total. The van der Waals surface area contributed by atoms with Crippen molar-refractivity contribution in [3.63, 3.8) is 0 Å². The molecular weight excluding hydrogens is 438 g/mol. The molecule has 4 rings (SSSR count). The summed E-state index contributed by atoms with van der Waals surface area (Å²) < 4.78 is 2.93. The molecule has 0 saturated carbocycles. The number of hydrogen-bond donors (Lipinski definition) is 1. The molecule has 8 heteroatoms. The fraction of sp³-hybridized carbons (Fsp3) is 0.100. The van der Waals surface area contributed by atoms with Gasteiger partial charge in [-0.1, -0.05) is 33.8 Å². The van der Waals surface area contributed by atoms with Crippen LogP contribution >= 0.6 is 27.7 Å². The summed E-state index contributed by atoms with van der Waals surface area (Å²) in [5.74, 6) is 0.660. The fourth-order valence-corrected chi connectivity index (χ4v) is 3.85. The van der Waals surface area contributed by atoms with Crippen LogP contribution in [0, 0.1) is 0 Å². The van der Waals surface area contributed by atoms with Crippen LogP contribution in [0.3, 0.4) is 0 Å². The van der Waals surface area contributed by atoms with E-state index in [2.05, 4.69) is 36.4 Å². The van der Waals surface area contributed by atoms with Gasteiger partial charge in [0.15, 0.2) is 5.65 Å². The molecule has 0 saturated heterocycles. The van der Waals surface area contributed by atoms with Gasteiger partial charge in [-0.15, -0.1) is 10.2 Å². The maximum atomic E-state index is 12.7. The molecule has 0 aliphatic heterocycles. The molecule has 3 aromatic heterocycles. The van der Waals surface area contributed by atoms with Crippen molar-refractivity contribution in [1.29, 1.82) is 0 Å². The zero-order valence-corrected chi connectivity index (χ0v) is 17.2. The Balaban J connectivity index is 1.42. The van der Waals surface area contributed by atoms with E-state index in [9.17, 15) is 4.79 Å². The van der Waals surface area contributed by atoms with E-state index in [1.54, 1.807) is 18.3 Å². The van der Waals surface area contributed by atoms with Gasteiger partial charge in [-0.05, 0) is 48.5 Å². The van der Waals surface area contributed by atoms with Crippen LogP contribution in [0.5, 0.6) is 0 Å². The van der Waals surface area contributed by atoms with Crippen LogP contribution in [-0.2, 0) is 6.42 Å². The number of fused-ring (bicyclic) bond motifs is 1. The van der Waals surface area contributed by atoms with Gasteiger partial charge in [0.1, 0.15) is 10.9 Å². The minimum Gasteiger partial charge on any atom is -0.352 e. The van der Waals surface area contributed by atoms with Crippen molar-refractivity contribution in [2.75, 3.05) is 6.54 Å². The summed E-state index contributed by atoms with van der Waals surface area (Å²) in [5, 5.41) is 11.9. The average Bonchev–Trinajstić information content (AvgIpc) is 3.13. The van der Waals surface area contributed by atoms with Crippen molar-refractivity contribution in [2.24, 2.45) is 0 Å². The van der Waals surface area contributed by atoms with Crippen molar-refractivity contribution in [2.45, 2.75) is 16.3 Å². The molecule has 0 spiro atoms. The quantitative estimate of drug-likeness (QED) is 0.477. The molecule has 3 heterocycles. The molecule has 1 N–H and O–H groups in total. The predicted octanol–water partition coefficient (Wildman–Crippen LogP) is 4.01. The van der Waals surface area contributed by atoms with Gasteiger partial charge >= 0.3 is 0 Å². The largest absolute Gasteiger partial charge is 0.352 e. The molecule has 1 amide bonds. The number of amides is 1. The first-order valence-electron chi connectivity index (χ1n) is 8.66. The molecule has 28 heavy (non-hydrogen) atoms. The normalized spacial score (nSPS) is 10.9. The third-order valence-electron chi connectivity index (χ3n) is 4.06. The number of halogens is 1. The lowest BCUT2D eigenvalue weighted by Gasteiger charge is -2.09. The molecule has 4 aromatic rings. The summed E-state index contributed by atoms with van der Waals surface area (Å²) in [6, 6.07) is 17.2. The van der Waals surface area contributed by atoms with E-state index < -0.39 is 0 Å². The smallest absolute Gasteiger partial charge is 0.254 e. The first-order valence-corrected chi connectivity index (χ1v) is 10.3. The standard InChI is InChI=1S/C20H16BrN5OS/c21-14-6-8-15(9-7-14)28-20-16(4-3-11-23-20)19(27)22-12-10-18-25-24-17-5-1-2-13-26(17)18/h1-9,11,13H,10,12H2,(H,22,27). The summed E-state index contributed by atoms with van der Waals surface area (Å²) in [4.78, 5) is 18.1. The number of carbonyl (C=O) groups excluding carboxylic acids is 1. The van der Waals surface area contributed by atoms with Crippen molar-refractivity contribution in [1.82, 2.24) is 24.9 Å². The van der Waals surface area contributed by atoms with Crippen LogP contribution < -0.4 is 5.32 Å². The monoisotopic (exact) mass is 453 g/mol. The molecule has 0 unspecified atom stereocenters. The van der Waals surface area contributed by atoms with Crippen molar-refractivity contribution < 1.29 is 4.79 Å². The van der Waals surface area contributed by atoms with E-state index >= 15 is 0 Å². The second kappa shape index (κ2) is 8.53. The maximum Gasteiger partial charge on any atom is 0.254 e. The van der Waals surface area contributed by atoms with Gasteiger partial charge in [-0.2, -0.15) is 0 Å². The first-order chi connectivity index (χ1) is 13.7. The van der Waals surface area contributed by atoms with E-state index in [1.807, 2.05) is 53.1 Å². The highest BCUT2D eigenvalue weighted by Gasteiger charge is 2.14. The Morgan fingerprint density at radius 3 is 2.79 bits per heavy atom. The van der Waals surface area contributed by atoms with Crippen LogP contribution in [0.25, 0.3) is 5.65 Å². The lowest BCUT2D eigenvalue weighted by Crippen LogP contribution is -2.26. The number of nitrogens with zero attached hydrogens (tertiary/aromatic N) is 4. The lowest BCUT2D eigenvalue weighted by molar-refractivity contribution is 0.0950. The van der Waals surface area contributed by atoms with Crippen LogP contribution in [0.15, 0.2) is 81.4 Å². The summed E-state index contributed by atoms with van der Waals surface area (Å²) in [7, 11) is 0. The Labute approximate surface area is 174 Å². The second-order valence-electron chi connectivity index (χ2n) is 5.96. The zero-order valence-electron chi connectivity index (χ0n) is 14.7. The number of hydrogen-bond acceptors (Lipinski definition) is 5. The summed E-state index contributed by atoms with van der Waals surface area (Å²) in [6.07, 6.45) is 4.20. The molecule has 1 aromatic carbocycles. The van der Waals surface area contributed by atoms with E-state index in [1.165, 1.54) is 11.8 Å². The number of pyridine rings is 2. The van der Waals surface area contributed by atoms with E-state index in [0.29, 0.717) is 23.6 Å². The van der Waals surface area contributed by atoms with Crippen LogP contribution in [0.1, 0.15) is 16.2 Å². The average molecular weight is 454 g/mol. The number of rotatable bonds is 6. The lowest BCUT2D eigenvalue weighted by atomic mass is 10.2. The molecular formula is C20H16BrN5OS. The predicted molar refractivity (Wildman–Crippen MR) is 112 cm³/mol. The number of benzene rings is 1. The minimum absolute atomic E-state index is 0.151. The van der Waals surface area contributed by atoms with E-state index in [0.717, 1.165) is 20.8 Å². The Morgan fingerprint density at radius 1 is 1.07 bits per heavy atom. The maximum absolute atomic E-state index is 12.7. The number of carbonyl (C=O) groups is 1. The SMILES string of the molecule is O=C(NCCc1nnc2ccccn12)c1cccnc1Sc1ccc(Br)cc1. The van der Waals surface area contributed by atoms with Crippen molar-refractivity contribution in [3.05, 3.63) is 82.9 Å². The van der Waals surface area contributed by atoms with Gasteiger partial charge in [-0.3, -0.25) is 9.20 Å². The van der Waals surface area contributed by atoms with Gasteiger partial charge in [0.25, 0.3) is 5.91 Å². The first kappa shape index (κ1) is 18.6. The van der Waals surface area contributed by atoms with Gasteiger partial charge in [0, 0.05) is 34.7 Å². The summed E-state index contributed by atoms with van der Waals surface area (Å²) in [5.41, 5.74) is 1.35. The Morgan fingerprint density at radius 2 is 1.93 bits per heavy atom.